The molecule has 9 aromatic rings. The SMILES string of the molecule is CC(C)(C)c1ccnc(-n2c3ccccc3c3c(C(C)(C)C)cc(Oc4cc(-c5ccccc5)cc(N5C=CN(c6cc(C(C)(C)c7ccccc7)cc(C(C)(C)c7ccccc7)c6)C5)c4)cc32)c1. The Kier molecular flexibility index (Phi) is 11.4. The van der Waals surface area contributed by atoms with Gasteiger partial charge in [0, 0.05) is 63.7 Å². The highest BCUT2D eigenvalue weighted by atomic mass is 16.5. The zero-order valence-electron chi connectivity index (χ0n) is 41.9. The average Bonchev–Trinajstić information content (AvgIpc) is 3.98. The van der Waals surface area contributed by atoms with Crippen LogP contribution >= 0.6 is 0 Å². The van der Waals surface area contributed by atoms with E-state index in [2.05, 4.69) is 272 Å². The van der Waals surface area contributed by atoms with Crippen molar-refractivity contribution in [3.8, 4) is 28.4 Å². The molecule has 0 saturated heterocycles. The summed E-state index contributed by atoms with van der Waals surface area (Å²) in [4.78, 5) is 9.69. The summed E-state index contributed by atoms with van der Waals surface area (Å²) in [6, 6.07) is 63.8. The average molecular weight is 905 g/mol. The third kappa shape index (κ3) is 8.72. The Hall–Kier alpha value is -7.37. The third-order valence-corrected chi connectivity index (χ3v) is 14.4. The topological polar surface area (TPSA) is 33.5 Å². The summed E-state index contributed by atoms with van der Waals surface area (Å²) in [5.41, 5.74) is 13.5. The second-order valence-corrected chi connectivity index (χ2v) is 21.9. The molecule has 0 aliphatic carbocycles. The van der Waals surface area contributed by atoms with E-state index < -0.39 is 0 Å². The maximum atomic E-state index is 7.15. The van der Waals surface area contributed by atoms with Gasteiger partial charge < -0.3 is 14.5 Å². The van der Waals surface area contributed by atoms with E-state index in [1.165, 1.54) is 44.2 Å². The van der Waals surface area contributed by atoms with Gasteiger partial charge in [-0.2, -0.15) is 0 Å². The summed E-state index contributed by atoms with van der Waals surface area (Å²) in [6.45, 7) is 23.6. The van der Waals surface area contributed by atoms with E-state index >= 15 is 0 Å². The van der Waals surface area contributed by atoms with Gasteiger partial charge in [0.15, 0.2) is 0 Å². The third-order valence-electron chi connectivity index (χ3n) is 14.4. The summed E-state index contributed by atoms with van der Waals surface area (Å²) >= 11 is 0. The van der Waals surface area contributed by atoms with Crippen LogP contribution in [0.25, 0.3) is 38.8 Å². The molecule has 69 heavy (non-hydrogen) atoms. The van der Waals surface area contributed by atoms with Crippen molar-refractivity contribution in [3.05, 3.63) is 228 Å². The summed E-state index contributed by atoms with van der Waals surface area (Å²) in [7, 11) is 0. The second kappa shape index (κ2) is 17.3. The Morgan fingerprint density at radius 2 is 0.986 bits per heavy atom. The first kappa shape index (κ1) is 45.4. The molecule has 0 spiro atoms. The first-order chi connectivity index (χ1) is 32.9. The Morgan fingerprint density at radius 1 is 0.435 bits per heavy atom. The Bertz CT molecular complexity index is 3280. The van der Waals surface area contributed by atoms with Crippen molar-refractivity contribution in [2.45, 2.75) is 90.9 Å². The van der Waals surface area contributed by atoms with Gasteiger partial charge in [0.05, 0.1) is 17.7 Å². The molecule has 0 bridgehead atoms. The summed E-state index contributed by atoms with van der Waals surface area (Å²) in [5.74, 6) is 2.45. The molecule has 0 saturated carbocycles. The lowest BCUT2D eigenvalue weighted by Crippen LogP contribution is -2.27. The molecule has 0 N–H and O–H groups in total. The molecule has 1 aliphatic heterocycles. The zero-order chi connectivity index (χ0) is 48.3. The number of benzene rings is 7. The van der Waals surface area contributed by atoms with Crippen LogP contribution < -0.4 is 14.5 Å². The van der Waals surface area contributed by atoms with Gasteiger partial charge in [0.1, 0.15) is 17.3 Å². The number of ether oxygens (including phenoxy) is 1. The number of anilines is 2. The highest BCUT2D eigenvalue weighted by Gasteiger charge is 2.31. The van der Waals surface area contributed by atoms with Crippen molar-refractivity contribution < 1.29 is 4.74 Å². The zero-order valence-corrected chi connectivity index (χ0v) is 41.9. The van der Waals surface area contributed by atoms with E-state index in [1.807, 2.05) is 6.20 Å². The van der Waals surface area contributed by atoms with Gasteiger partial charge in [-0.15, -0.1) is 0 Å². The fraction of sp³-hybridized carbons (Fsp3) is 0.234. The van der Waals surface area contributed by atoms with Crippen molar-refractivity contribution in [3.63, 3.8) is 0 Å². The van der Waals surface area contributed by atoms with Gasteiger partial charge in [0.2, 0.25) is 0 Å². The van der Waals surface area contributed by atoms with E-state index in [-0.39, 0.29) is 21.7 Å². The molecule has 0 amide bonds. The van der Waals surface area contributed by atoms with E-state index in [0.717, 1.165) is 50.9 Å². The lowest BCUT2D eigenvalue weighted by molar-refractivity contribution is 0.480. The van der Waals surface area contributed by atoms with E-state index in [0.29, 0.717) is 6.67 Å². The molecule has 0 atom stereocenters. The molecule has 3 heterocycles. The van der Waals surface area contributed by atoms with Crippen molar-refractivity contribution in [1.82, 2.24) is 9.55 Å². The Morgan fingerprint density at radius 3 is 1.58 bits per heavy atom. The van der Waals surface area contributed by atoms with Crippen LogP contribution in [0.4, 0.5) is 11.4 Å². The minimum atomic E-state index is -0.227. The standard InChI is InChI=1S/C64H64N4O/c1-61(2,3)48-30-31-65-59(39-48)68-57-29-21-20-28-55(57)60-56(62(4,5)6)41-54(42-58(60)68)69-53-35-45(44-22-14-11-15-23-44)34-51(40-53)66-32-33-67(43-66)52-37-49(63(7,8)46-24-16-12-17-25-46)36-50(38-52)64(9,10)47-26-18-13-19-27-47/h11-42H,43H2,1-10H3. The van der Waals surface area contributed by atoms with Crippen LogP contribution in [-0.4, -0.2) is 16.2 Å². The molecule has 0 unspecified atom stereocenters. The van der Waals surface area contributed by atoms with Gasteiger partial charge >= 0.3 is 0 Å². The molecule has 5 nitrogen and oxygen atoms in total. The number of aromatic nitrogens is 2. The van der Waals surface area contributed by atoms with Crippen LogP contribution in [0.2, 0.25) is 0 Å². The number of hydrogen-bond acceptors (Lipinski definition) is 4. The summed E-state index contributed by atoms with van der Waals surface area (Å²) in [5, 5.41) is 2.43. The smallest absolute Gasteiger partial charge is 0.137 e. The molecule has 5 heteroatoms. The fourth-order valence-electron chi connectivity index (χ4n) is 10.0. The number of rotatable bonds is 10. The largest absolute Gasteiger partial charge is 0.457 e. The monoisotopic (exact) mass is 905 g/mol. The molecular formula is C64H64N4O. The van der Waals surface area contributed by atoms with Crippen LogP contribution in [0, 0.1) is 0 Å². The lowest BCUT2D eigenvalue weighted by atomic mass is 9.73. The van der Waals surface area contributed by atoms with Gasteiger partial charge in [0.25, 0.3) is 0 Å². The predicted octanol–water partition coefficient (Wildman–Crippen LogP) is 16.6. The van der Waals surface area contributed by atoms with E-state index in [1.54, 1.807) is 0 Å². The first-order valence-corrected chi connectivity index (χ1v) is 24.4. The number of nitrogens with zero attached hydrogens (tertiary/aromatic N) is 4. The molecule has 346 valence electrons. The van der Waals surface area contributed by atoms with E-state index in [9.17, 15) is 0 Å². The van der Waals surface area contributed by atoms with Gasteiger partial charge in [-0.25, -0.2) is 4.98 Å². The van der Waals surface area contributed by atoms with Crippen LogP contribution in [0.1, 0.15) is 103 Å². The number of fused-ring (bicyclic) bond motifs is 3. The molecule has 0 radical (unpaired) electrons. The first-order valence-electron chi connectivity index (χ1n) is 24.4. The van der Waals surface area contributed by atoms with Gasteiger partial charge in [-0.1, -0.05) is 184 Å². The number of pyridine rings is 1. The quantitative estimate of drug-likeness (QED) is 0.137. The highest BCUT2D eigenvalue weighted by molar-refractivity contribution is 6.11. The Labute approximate surface area is 409 Å². The van der Waals surface area contributed by atoms with Crippen LogP contribution in [-0.2, 0) is 21.7 Å². The number of hydrogen-bond donors (Lipinski definition) is 0. The maximum Gasteiger partial charge on any atom is 0.137 e. The normalized spacial score (nSPS) is 13.5. The van der Waals surface area contributed by atoms with E-state index in [4.69, 9.17) is 9.72 Å². The summed E-state index contributed by atoms with van der Waals surface area (Å²) in [6.07, 6.45) is 6.36. The lowest BCUT2D eigenvalue weighted by Gasteiger charge is -2.33. The van der Waals surface area contributed by atoms with Crippen molar-refractivity contribution in [2.24, 2.45) is 0 Å². The minimum absolute atomic E-state index is 0.0319. The van der Waals surface area contributed by atoms with Gasteiger partial charge in [-0.05, 0) is 104 Å². The predicted molar refractivity (Wildman–Crippen MR) is 290 cm³/mol. The van der Waals surface area contributed by atoms with Crippen molar-refractivity contribution >= 4 is 33.2 Å². The molecule has 2 aromatic heterocycles. The fourth-order valence-corrected chi connectivity index (χ4v) is 10.0. The highest BCUT2D eigenvalue weighted by Crippen LogP contribution is 2.45. The molecular weight excluding hydrogens is 841 g/mol. The minimum Gasteiger partial charge on any atom is -0.457 e. The molecule has 7 aromatic carbocycles. The van der Waals surface area contributed by atoms with Crippen LogP contribution in [0.3, 0.4) is 0 Å². The maximum absolute atomic E-state index is 7.15. The molecule has 10 rings (SSSR count). The van der Waals surface area contributed by atoms with Crippen LogP contribution in [0.5, 0.6) is 11.5 Å². The van der Waals surface area contributed by atoms with Crippen molar-refractivity contribution in [1.29, 1.82) is 0 Å². The summed E-state index contributed by atoms with van der Waals surface area (Å²) < 4.78 is 9.47. The number of para-hydroxylation sites is 1. The second-order valence-electron chi connectivity index (χ2n) is 21.9. The van der Waals surface area contributed by atoms with Crippen LogP contribution in [0.15, 0.2) is 195 Å². The van der Waals surface area contributed by atoms with Crippen molar-refractivity contribution in [2.75, 3.05) is 16.5 Å². The Balaban J connectivity index is 1.06. The molecule has 1 aliphatic rings. The molecule has 0 fully saturated rings. The van der Waals surface area contributed by atoms with Gasteiger partial charge in [-0.3, -0.25) is 4.57 Å².